The molecule has 9 heteroatoms. The van der Waals surface area contributed by atoms with Crippen molar-refractivity contribution in [2.24, 2.45) is 0 Å². The second-order valence-electron chi connectivity index (χ2n) is 7.38. The van der Waals surface area contributed by atoms with Crippen LogP contribution in [-0.4, -0.2) is 44.7 Å². The van der Waals surface area contributed by atoms with Crippen molar-refractivity contribution in [2.75, 3.05) is 41.2 Å². The predicted molar refractivity (Wildman–Crippen MR) is 122 cm³/mol. The van der Waals surface area contributed by atoms with E-state index in [-0.39, 0.29) is 4.90 Å². The number of benzene rings is 2. The van der Waals surface area contributed by atoms with Crippen molar-refractivity contribution in [3.63, 3.8) is 0 Å². The molecule has 31 heavy (non-hydrogen) atoms. The Balaban J connectivity index is 1.46. The van der Waals surface area contributed by atoms with Gasteiger partial charge in [0.2, 0.25) is 0 Å². The number of anilines is 4. The number of hydrogen-bond acceptors (Lipinski definition) is 7. The Morgan fingerprint density at radius 2 is 1.55 bits per heavy atom. The molecular weight excluding hydrogens is 414 g/mol. The maximum absolute atomic E-state index is 12.6. The molecule has 0 radical (unpaired) electrons. The Morgan fingerprint density at radius 1 is 0.903 bits per heavy atom. The van der Waals surface area contributed by atoms with Gasteiger partial charge in [-0.25, -0.2) is 18.4 Å². The Hall–Kier alpha value is -3.17. The molecule has 0 unspecified atom stereocenters. The van der Waals surface area contributed by atoms with E-state index in [4.69, 9.17) is 4.74 Å². The van der Waals surface area contributed by atoms with Crippen molar-refractivity contribution in [2.45, 2.75) is 18.7 Å². The number of morpholine rings is 1. The highest BCUT2D eigenvalue weighted by molar-refractivity contribution is 7.92. The lowest BCUT2D eigenvalue weighted by molar-refractivity contribution is 0.122. The minimum Gasteiger partial charge on any atom is -0.378 e. The molecule has 0 amide bonds. The first-order chi connectivity index (χ1) is 14.9. The molecule has 1 saturated heterocycles. The molecule has 2 aromatic carbocycles. The number of nitrogens with one attached hydrogen (secondary N) is 2. The first-order valence-corrected chi connectivity index (χ1v) is 11.5. The third-order valence-electron chi connectivity index (χ3n) is 4.90. The minimum atomic E-state index is -3.63. The Labute approximate surface area is 182 Å². The summed E-state index contributed by atoms with van der Waals surface area (Å²) >= 11 is 0. The van der Waals surface area contributed by atoms with E-state index in [9.17, 15) is 8.42 Å². The number of ether oxygens (including phenoxy) is 1. The van der Waals surface area contributed by atoms with Crippen molar-refractivity contribution in [1.82, 2.24) is 9.97 Å². The molecule has 4 rings (SSSR count). The van der Waals surface area contributed by atoms with Gasteiger partial charge in [0, 0.05) is 30.5 Å². The molecule has 0 atom stereocenters. The first-order valence-electron chi connectivity index (χ1n) is 10.0. The summed E-state index contributed by atoms with van der Waals surface area (Å²) in [6.07, 6.45) is 0. The van der Waals surface area contributed by atoms with Crippen LogP contribution in [0.5, 0.6) is 0 Å². The smallest absolute Gasteiger partial charge is 0.261 e. The highest BCUT2D eigenvalue weighted by atomic mass is 32.2. The molecule has 1 aromatic heterocycles. The van der Waals surface area contributed by atoms with Crippen molar-refractivity contribution < 1.29 is 13.2 Å². The normalized spacial score (nSPS) is 14.3. The van der Waals surface area contributed by atoms with Gasteiger partial charge in [-0.1, -0.05) is 17.7 Å². The van der Waals surface area contributed by atoms with Crippen LogP contribution < -0.4 is 14.9 Å². The fourth-order valence-electron chi connectivity index (χ4n) is 3.27. The van der Waals surface area contributed by atoms with E-state index in [1.165, 1.54) is 0 Å². The number of aryl methyl sites for hydroxylation is 2. The molecule has 0 aliphatic carbocycles. The lowest BCUT2D eigenvalue weighted by Crippen LogP contribution is -2.36. The van der Waals surface area contributed by atoms with Crippen LogP contribution in [0.15, 0.2) is 59.5 Å². The summed E-state index contributed by atoms with van der Waals surface area (Å²) in [5, 5.41) is 3.27. The third kappa shape index (κ3) is 5.31. The van der Waals surface area contributed by atoms with Gasteiger partial charge in [-0.15, -0.1) is 0 Å². The summed E-state index contributed by atoms with van der Waals surface area (Å²) in [5.41, 5.74) is 2.29. The maximum atomic E-state index is 12.6. The predicted octanol–water partition coefficient (Wildman–Crippen LogP) is 3.47. The molecule has 0 spiro atoms. The van der Waals surface area contributed by atoms with E-state index in [1.54, 1.807) is 48.5 Å². The molecule has 162 valence electrons. The fourth-order valence-corrected chi connectivity index (χ4v) is 4.33. The molecule has 1 aliphatic heterocycles. The molecule has 8 nitrogen and oxygen atoms in total. The van der Waals surface area contributed by atoms with Crippen LogP contribution in [0.2, 0.25) is 0 Å². The van der Waals surface area contributed by atoms with Crippen molar-refractivity contribution in [3.05, 3.63) is 66.0 Å². The van der Waals surface area contributed by atoms with Gasteiger partial charge in [0.15, 0.2) is 0 Å². The number of sulfonamides is 1. The van der Waals surface area contributed by atoms with E-state index >= 15 is 0 Å². The Bertz CT molecular complexity index is 1140. The van der Waals surface area contributed by atoms with Gasteiger partial charge in [0.1, 0.15) is 17.5 Å². The molecular formula is C22H25N5O3S. The fraction of sp³-hybridized carbons (Fsp3) is 0.273. The second-order valence-corrected chi connectivity index (χ2v) is 9.06. The van der Waals surface area contributed by atoms with Crippen LogP contribution in [0.25, 0.3) is 0 Å². The van der Waals surface area contributed by atoms with Gasteiger partial charge in [-0.05, 0) is 50.2 Å². The number of rotatable bonds is 6. The van der Waals surface area contributed by atoms with Crippen LogP contribution in [0.3, 0.4) is 0 Å². The molecule has 0 saturated carbocycles. The van der Waals surface area contributed by atoms with E-state index in [0.717, 1.165) is 30.2 Å². The van der Waals surface area contributed by atoms with Crippen molar-refractivity contribution >= 4 is 33.0 Å². The van der Waals surface area contributed by atoms with Crippen LogP contribution in [0, 0.1) is 13.8 Å². The number of aromatic nitrogens is 2. The summed E-state index contributed by atoms with van der Waals surface area (Å²) in [4.78, 5) is 11.4. The zero-order valence-electron chi connectivity index (χ0n) is 17.5. The number of nitrogens with zero attached hydrogens (tertiary/aromatic N) is 3. The SMILES string of the molecule is Cc1ccc(S(=O)(=O)Nc2ccc(Nc3cc(N4CCOCC4)nc(C)n3)cc2)cc1. The highest BCUT2D eigenvalue weighted by Gasteiger charge is 2.15. The summed E-state index contributed by atoms with van der Waals surface area (Å²) in [6, 6.07) is 15.7. The standard InChI is InChI=1S/C22H25N5O3S/c1-16-3-9-20(10-4-16)31(28,29)26-19-7-5-18(6-8-19)25-21-15-22(24-17(2)23-21)27-11-13-30-14-12-27/h3-10,15,26H,11-14H2,1-2H3,(H,23,24,25). The quantitative estimate of drug-likeness (QED) is 0.607. The van der Waals surface area contributed by atoms with Crippen LogP contribution in [-0.2, 0) is 14.8 Å². The lowest BCUT2D eigenvalue weighted by atomic mass is 10.2. The molecule has 3 aromatic rings. The molecule has 2 N–H and O–H groups in total. The van der Waals surface area contributed by atoms with E-state index in [1.807, 2.05) is 19.9 Å². The molecule has 0 bridgehead atoms. The summed E-state index contributed by atoms with van der Waals surface area (Å²) in [5.74, 6) is 2.22. The van der Waals surface area contributed by atoms with Crippen LogP contribution in [0.4, 0.5) is 23.0 Å². The van der Waals surface area contributed by atoms with Crippen molar-refractivity contribution in [3.8, 4) is 0 Å². The van der Waals surface area contributed by atoms with Gasteiger partial charge >= 0.3 is 0 Å². The monoisotopic (exact) mass is 439 g/mol. The van der Waals surface area contributed by atoms with Gasteiger partial charge in [-0.3, -0.25) is 4.72 Å². The zero-order chi connectivity index (χ0) is 21.8. The molecule has 2 heterocycles. The largest absolute Gasteiger partial charge is 0.378 e. The van der Waals surface area contributed by atoms with Crippen molar-refractivity contribution in [1.29, 1.82) is 0 Å². The summed E-state index contributed by atoms with van der Waals surface area (Å²) in [6.45, 7) is 6.74. The molecule has 1 fully saturated rings. The third-order valence-corrected chi connectivity index (χ3v) is 6.30. The highest BCUT2D eigenvalue weighted by Crippen LogP contribution is 2.23. The summed E-state index contributed by atoms with van der Waals surface area (Å²) < 4.78 is 33.1. The Morgan fingerprint density at radius 3 is 2.23 bits per heavy atom. The first kappa shape index (κ1) is 21.1. The van der Waals surface area contributed by atoms with E-state index < -0.39 is 10.0 Å². The molecule has 1 aliphatic rings. The van der Waals surface area contributed by atoms with Crippen LogP contribution in [0.1, 0.15) is 11.4 Å². The average Bonchev–Trinajstić information content (AvgIpc) is 2.75. The maximum Gasteiger partial charge on any atom is 0.261 e. The van der Waals surface area contributed by atoms with Gasteiger partial charge in [-0.2, -0.15) is 0 Å². The lowest BCUT2D eigenvalue weighted by Gasteiger charge is -2.28. The topological polar surface area (TPSA) is 96.5 Å². The second kappa shape index (κ2) is 8.91. The average molecular weight is 440 g/mol. The van der Waals surface area contributed by atoms with E-state index in [0.29, 0.717) is 30.5 Å². The van der Waals surface area contributed by atoms with Gasteiger partial charge in [0.05, 0.1) is 18.1 Å². The minimum absolute atomic E-state index is 0.229. The van der Waals surface area contributed by atoms with Gasteiger partial charge < -0.3 is 15.0 Å². The summed E-state index contributed by atoms with van der Waals surface area (Å²) in [7, 11) is -3.63. The zero-order valence-corrected chi connectivity index (χ0v) is 18.3. The Kier molecular flexibility index (Phi) is 6.06. The van der Waals surface area contributed by atoms with E-state index in [2.05, 4.69) is 24.9 Å². The van der Waals surface area contributed by atoms with Gasteiger partial charge in [0.25, 0.3) is 10.0 Å². The van der Waals surface area contributed by atoms with Crippen LogP contribution >= 0.6 is 0 Å². The number of hydrogen-bond donors (Lipinski definition) is 2.